The Balaban J connectivity index is 2.90. The van der Waals surface area contributed by atoms with Crippen LogP contribution in [0.25, 0.3) is 0 Å². The monoisotopic (exact) mass is 197 g/mol. The lowest BCUT2D eigenvalue weighted by Crippen LogP contribution is -2.26. The predicted octanol–water partition coefficient (Wildman–Crippen LogP) is 0.456. The molecule has 5 nitrogen and oxygen atoms in total. The van der Waals surface area contributed by atoms with Gasteiger partial charge in [0.15, 0.2) is 0 Å². The number of nitrogens with zero attached hydrogens (tertiary/aromatic N) is 3. The Bertz CT molecular complexity index is 286. The fourth-order valence-electron chi connectivity index (χ4n) is 1.01. The molecule has 1 aromatic rings. The van der Waals surface area contributed by atoms with E-state index in [-0.39, 0.29) is 11.9 Å². The number of nitrogens with two attached hydrogens (primary N) is 2. The lowest BCUT2D eigenvalue weighted by atomic mass is 10.7. The third-order valence-electron chi connectivity index (χ3n) is 1.40. The molecule has 6 heteroatoms. The number of aromatic nitrogens is 3. The van der Waals surface area contributed by atoms with Crippen LogP contribution < -0.4 is 11.5 Å². The first-order valence-electron chi connectivity index (χ1n) is 4.13. The van der Waals surface area contributed by atoms with Gasteiger partial charge >= 0.3 is 0 Å². The van der Waals surface area contributed by atoms with Crippen molar-refractivity contribution in [1.29, 1.82) is 0 Å². The van der Waals surface area contributed by atoms with Gasteiger partial charge in [-0.05, 0) is 0 Å². The fraction of sp³-hybridized carbons (Fsp3) is 0.571. The van der Waals surface area contributed by atoms with Gasteiger partial charge in [0, 0.05) is 6.04 Å². The molecule has 13 heavy (non-hydrogen) atoms. The molecular formula is C7H15N5Si. The third-order valence-corrected chi connectivity index (χ3v) is 2.78. The van der Waals surface area contributed by atoms with Crippen molar-refractivity contribution in [3.8, 4) is 0 Å². The second kappa shape index (κ2) is 3.29. The van der Waals surface area contributed by atoms with Gasteiger partial charge in [-0.2, -0.15) is 15.0 Å². The summed E-state index contributed by atoms with van der Waals surface area (Å²) in [6.07, 6.45) is 0. The number of hydrogen-bond donors (Lipinski definition) is 2. The quantitative estimate of drug-likeness (QED) is 0.672. The lowest BCUT2D eigenvalue weighted by molar-refractivity contribution is 0.970. The summed E-state index contributed by atoms with van der Waals surface area (Å²) < 4.78 is 0. The van der Waals surface area contributed by atoms with E-state index in [2.05, 4.69) is 34.6 Å². The zero-order chi connectivity index (χ0) is 10.1. The summed E-state index contributed by atoms with van der Waals surface area (Å²) in [5, 5.41) is 0. The number of hydrogen-bond acceptors (Lipinski definition) is 5. The maximum Gasteiger partial charge on any atom is 0.225 e. The van der Waals surface area contributed by atoms with E-state index in [4.69, 9.17) is 11.5 Å². The number of anilines is 2. The van der Waals surface area contributed by atoms with Gasteiger partial charge in [0.1, 0.15) is 5.82 Å². The largest absolute Gasteiger partial charge is 0.368 e. The summed E-state index contributed by atoms with van der Waals surface area (Å²) in [4.78, 5) is 11.8. The first-order chi connectivity index (χ1) is 5.87. The summed E-state index contributed by atoms with van der Waals surface area (Å²) >= 11 is 0. The highest BCUT2D eigenvalue weighted by atomic mass is 28.3. The van der Waals surface area contributed by atoms with Crippen molar-refractivity contribution in [2.45, 2.75) is 25.7 Å². The molecule has 0 bridgehead atoms. The third kappa shape index (κ3) is 3.37. The molecule has 0 unspecified atom stereocenters. The molecular weight excluding hydrogens is 182 g/mol. The highest BCUT2D eigenvalue weighted by molar-refractivity contribution is 6.75. The summed E-state index contributed by atoms with van der Waals surface area (Å²) in [6.45, 7) is 6.72. The summed E-state index contributed by atoms with van der Waals surface area (Å²) in [5.41, 5.74) is 10.9. The minimum Gasteiger partial charge on any atom is -0.368 e. The molecule has 0 amide bonds. The summed E-state index contributed by atoms with van der Waals surface area (Å²) in [5.74, 6) is 1.13. The van der Waals surface area contributed by atoms with Gasteiger partial charge < -0.3 is 11.5 Å². The van der Waals surface area contributed by atoms with Crippen LogP contribution in [-0.2, 0) is 6.04 Å². The molecule has 72 valence electrons. The zero-order valence-corrected chi connectivity index (χ0v) is 9.20. The molecule has 0 aliphatic rings. The van der Waals surface area contributed by atoms with Crippen LogP contribution in [0.5, 0.6) is 0 Å². The second-order valence-corrected chi connectivity index (χ2v) is 9.68. The van der Waals surface area contributed by atoms with Crippen molar-refractivity contribution in [3.05, 3.63) is 5.82 Å². The number of nitrogen functional groups attached to an aromatic ring is 2. The van der Waals surface area contributed by atoms with E-state index in [1.165, 1.54) is 0 Å². The SMILES string of the molecule is C[Si](C)(C)Cc1nc(N)nc(N)n1. The Morgan fingerprint density at radius 2 is 1.46 bits per heavy atom. The standard InChI is InChI=1S/C7H15N5Si/c1-13(2,3)4-5-10-6(8)12-7(9)11-5/h4H2,1-3H3,(H4,8,9,10,11,12). The first kappa shape index (κ1) is 9.91. The Hall–Kier alpha value is -1.17. The molecule has 0 spiro atoms. The summed E-state index contributed by atoms with van der Waals surface area (Å²) in [6, 6.07) is 0.879. The molecule has 0 aliphatic heterocycles. The van der Waals surface area contributed by atoms with Gasteiger partial charge in [-0.3, -0.25) is 0 Å². The Labute approximate surface area is 78.6 Å². The molecule has 0 atom stereocenters. The van der Waals surface area contributed by atoms with E-state index in [0.717, 1.165) is 6.04 Å². The number of rotatable bonds is 2. The van der Waals surface area contributed by atoms with Gasteiger partial charge in [0.25, 0.3) is 0 Å². The molecule has 0 radical (unpaired) electrons. The molecule has 0 saturated heterocycles. The molecule has 0 saturated carbocycles. The van der Waals surface area contributed by atoms with E-state index in [1.807, 2.05) is 0 Å². The molecule has 4 N–H and O–H groups in total. The van der Waals surface area contributed by atoms with E-state index in [0.29, 0.717) is 5.82 Å². The Morgan fingerprint density at radius 1 is 1.00 bits per heavy atom. The van der Waals surface area contributed by atoms with E-state index >= 15 is 0 Å². The van der Waals surface area contributed by atoms with Gasteiger partial charge in [-0.15, -0.1) is 0 Å². The van der Waals surface area contributed by atoms with Crippen LogP contribution in [0.15, 0.2) is 0 Å². The van der Waals surface area contributed by atoms with Gasteiger partial charge in [-0.25, -0.2) is 0 Å². The average molecular weight is 197 g/mol. The van der Waals surface area contributed by atoms with Crippen LogP contribution in [-0.4, -0.2) is 23.0 Å². The highest BCUT2D eigenvalue weighted by Crippen LogP contribution is 2.09. The van der Waals surface area contributed by atoms with E-state index < -0.39 is 8.07 Å². The molecule has 1 aromatic heterocycles. The highest BCUT2D eigenvalue weighted by Gasteiger charge is 2.16. The predicted molar refractivity (Wildman–Crippen MR) is 55.7 cm³/mol. The molecule has 0 fully saturated rings. The van der Waals surface area contributed by atoms with Crippen LogP contribution in [0.3, 0.4) is 0 Å². The minimum absolute atomic E-state index is 0.209. The maximum atomic E-state index is 5.45. The van der Waals surface area contributed by atoms with Crippen molar-refractivity contribution in [2.75, 3.05) is 11.5 Å². The van der Waals surface area contributed by atoms with Crippen LogP contribution in [0.4, 0.5) is 11.9 Å². The van der Waals surface area contributed by atoms with Crippen molar-refractivity contribution in [1.82, 2.24) is 15.0 Å². The Kier molecular flexibility index (Phi) is 2.51. The van der Waals surface area contributed by atoms with Crippen LogP contribution in [0.2, 0.25) is 19.6 Å². The van der Waals surface area contributed by atoms with E-state index in [1.54, 1.807) is 0 Å². The Morgan fingerprint density at radius 3 is 1.85 bits per heavy atom. The first-order valence-corrected chi connectivity index (χ1v) is 7.83. The molecule has 1 rings (SSSR count). The fourth-order valence-corrected chi connectivity index (χ4v) is 2.12. The van der Waals surface area contributed by atoms with Crippen molar-refractivity contribution in [2.24, 2.45) is 0 Å². The van der Waals surface area contributed by atoms with Crippen molar-refractivity contribution < 1.29 is 0 Å². The van der Waals surface area contributed by atoms with E-state index in [9.17, 15) is 0 Å². The topological polar surface area (TPSA) is 90.7 Å². The normalized spacial score (nSPS) is 11.6. The summed E-state index contributed by atoms with van der Waals surface area (Å²) in [7, 11) is -1.21. The molecule has 1 heterocycles. The van der Waals surface area contributed by atoms with Crippen LogP contribution >= 0.6 is 0 Å². The smallest absolute Gasteiger partial charge is 0.225 e. The minimum atomic E-state index is -1.21. The lowest BCUT2D eigenvalue weighted by Gasteiger charge is -2.13. The maximum absolute atomic E-state index is 5.45. The van der Waals surface area contributed by atoms with Gasteiger partial charge in [-0.1, -0.05) is 19.6 Å². The molecule has 0 aromatic carbocycles. The van der Waals surface area contributed by atoms with Crippen molar-refractivity contribution in [3.63, 3.8) is 0 Å². The van der Waals surface area contributed by atoms with Crippen LogP contribution in [0.1, 0.15) is 5.82 Å². The van der Waals surface area contributed by atoms with Gasteiger partial charge in [0.05, 0.1) is 8.07 Å². The second-order valence-electron chi connectivity index (χ2n) is 4.21. The molecule has 0 aliphatic carbocycles. The van der Waals surface area contributed by atoms with Crippen LogP contribution in [0, 0.1) is 0 Å². The average Bonchev–Trinajstić information content (AvgIpc) is 1.78. The van der Waals surface area contributed by atoms with Crippen molar-refractivity contribution >= 4 is 20.0 Å². The zero-order valence-electron chi connectivity index (χ0n) is 8.20. The van der Waals surface area contributed by atoms with Gasteiger partial charge in [0.2, 0.25) is 11.9 Å².